The standard InChI is InChI=1S/C14H12N4O/c19-14(18-13-5-6-15-9-16-13)8-11-7-10-3-1-2-4-12(10)17-11/h1-7,9,17H,8H2,(H,15,16,18,19). The Morgan fingerprint density at radius 1 is 1.26 bits per heavy atom. The average molecular weight is 252 g/mol. The van der Waals surface area contributed by atoms with Crippen molar-refractivity contribution in [2.75, 3.05) is 5.32 Å². The molecule has 2 aromatic heterocycles. The number of rotatable bonds is 3. The van der Waals surface area contributed by atoms with Crippen LogP contribution in [0.3, 0.4) is 0 Å². The number of aromatic amines is 1. The van der Waals surface area contributed by atoms with Crippen LogP contribution in [0.5, 0.6) is 0 Å². The number of para-hydroxylation sites is 1. The minimum absolute atomic E-state index is 0.106. The molecule has 0 radical (unpaired) electrons. The monoisotopic (exact) mass is 252 g/mol. The first-order valence-corrected chi connectivity index (χ1v) is 5.94. The molecule has 1 aromatic carbocycles. The van der Waals surface area contributed by atoms with Gasteiger partial charge < -0.3 is 10.3 Å². The number of anilines is 1. The highest BCUT2D eigenvalue weighted by Crippen LogP contribution is 2.15. The second kappa shape index (κ2) is 4.89. The van der Waals surface area contributed by atoms with Crippen LogP contribution in [0.2, 0.25) is 0 Å². The summed E-state index contributed by atoms with van der Waals surface area (Å²) in [6, 6.07) is 11.6. The van der Waals surface area contributed by atoms with Gasteiger partial charge in [-0.2, -0.15) is 0 Å². The van der Waals surface area contributed by atoms with Gasteiger partial charge in [-0.1, -0.05) is 18.2 Å². The molecule has 0 fully saturated rings. The number of carbonyl (C=O) groups excluding carboxylic acids is 1. The highest BCUT2D eigenvalue weighted by molar-refractivity contribution is 5.92. The van der Waals surface area contributed by atoms with Crippen LogP contribution < -0.4 is 5.32 Å². The number of nitrogens with one attached hydrogen (secondary N) is 2. The van der Waals surface area contributed by atoms with Crippen LogP contribution in [-0.4, -0.2) is 20.9 Å². The van der Waals surface area contributed by atoms with Crippen molar-refractivity contribution in [2.24, 2.45) is 0 Å². The highest BCUT2D eigenvalue weighted by atomic mass is 16.1. The average Bonchev–Trinajstić information content (AvgIpc) is 2.81. The van der Waals surface area contributed by atoms with E-state index in [1.54, 1.807) is 12.3 Å². The molecule has 0 aliphatic carbocycles. The molecule has 3 rings (SSSR count). The zero-order valence-electron chi connectivity index (χ0n) is 10.1. The topological polar surface area (TPSA) is 70.7 Å². The van der Waals surface area contributed by atoms with Crippen LogP contribution in [0.4, 0.5) is 5.82 Å². The molecular formula is C14H12N4O. The first-order chi connectivity index (χ1) is 9.31. The minimum atomic E-state index is -0.106. The number of amides is 1. The molecule has 0 bridgehead atoms. The molecule has 2 N–H and O–H groups in total. The minimum Gasteiger partial charge on any atom is -0.358 e. The molecular weight excluding hydrogens is 240 g/mol. The van der Waals surface area contributed by atoms with Crippen molar-refractivity contribution in [1.82, 2.24) is 15.0 Å². The summed E-state index contributed by atoms with van der Waals surface area (Å²) in [5.74, 6) is 0.404. The Balaban J connectivity index is 1.72. The molecule has 0 spiro atoms. The normalized spacial score (nSPS) is 10.5. The van der Waals surface area contributed by atoms with Crippen LogP contribution in [0.15, 0.2) is 48.9 Å². The summed E-state index contributed by atoms with van der Waals surface area (Å²) in [6.45, 7) is 0. The van der Waals surface area contributed by atoms with Crippen molar-refractivity contribution in [3.05, 3.63) is 54.6 Å². The third kappa shape index (κ3) is 2.60. The SMILES string of the molecule is O=C(Cc1cc2ccccc2[nH]1)Nc1ccncn1. The summed E-state index contributed by atoms with van der Waals surface area (Å²) in [5, 5.41) is 3.83. The van der Waals surface area contributed by atoms with Crippen molar-refractivity contribution in [3.63, 3.8) is 0 Å². The molecule has 19 heavy (non-hydrogen) atoms. The number of nitrogens with zero attached hydrogens (tertiary/aromatic N) is 2. The van der Waals surface area contributed by atoms with Crippen molar-refractivity contribution < 1.29 is 4.79 Å². The van der Waals surface area contributed by atoms with E-state index in [0.717, 1.165) is 16.6 Å². The highest BCUT2D eigenvalue weighted by Gasteiger charge is 2.07. The molecule has 0 atom stereocenters. The Hall–Kier alpha value is -2.69. The van der Waals surface area contributed by atoms with Crippen molar-refractivity contribution in [1.29, 1.82) is 0 Å². The maximum absolute atomic E-state index is 11.9. The van der Waals surface area contributed by atoms with Gasteiger partial charge in [0.25, 0.3) is 0 Å². The molecule has 3 aromatic rings. The van der Waals surface area contributed by atoms with Crippen molar-refractivity contribution >= 4 is 22.6 Å². The fourth-order valence-electron chi connectivity index (χ4n) is 1.95. The van der Waals surface area contributed by atoms with Gasteiger partial charge >= 0.3 is 0 Å². The molecule has 5 heteroatoms. The fraction of sp³-hybridized carbons (Fsp3) is 0.0714. The molecule has 0 saturated heterocycles. The number of benzene rings is 1. The van der Waals surface area contributed by atoms with E-state index in [1.165, 1.54) is 6.33 Å². The molecule has 0 aliphatic rings. The van der Waals surface area contributed by atoms with Crippen LogP contribution in [0.1, 0.15) is 5.69 Å². The van der Waals surface area contributed by atoms with Gasteiger partial charge in [0.1, 0.15) is 12.1 Å². The summed E-state index contributed by atoms with van der Waals surface area (Å²) in [7, 11) is 0. The molecule has 1 amide bonds. The fourth-order valence-corrected chi connectivity index (χ4v) is 1.95. The second-order valence-corrected chi connectivity index (χ2v) is 4.20. The van der Waals surface area contributed by atoms with Gasteiger partial charge in [-0.25, -0.2) is 9.97 Å². The lowest BCUT2D eigenvalue weighted by atomic mass is 10.2. The number of hydrogen-bond donors (Lipinski definition) is 2. The van der Waals surface area contributed by atoms with E-state index in [9.17, 15) is 4.79 Å². The van der Waals surface area contributed by atoms with E-state index in [1.807, 2.05) is 30.3 Å². The third-order valence-electron chi connectivity index (χ3n) is 2.79. The first kappa shape index (κ1) is 11.4. The van der Waals surface area contributed by atoms with Gasteiger partial charge in [0.05, 0.1) is 6.42 Å². The summed E-state index contributed by atoms with van der Waals surface area (Å²) in [5.41, 5.74) is 1.92. The van der Waals surface area contributed by atoms with Crippen LogP contribution in [0.25, 0.3) is 10.9 Å². The number of fused-ring (bicyclic) bond motifs is 1. The predicted molar refractivity (Wildman–Crippen MR) is 72.7 cm³/mol. The summed E-state index contributed by atoms with van der Waals surface area (Å²) in [6.07, 6.45) is 3.28. The second-order valence-electron chi connectivity index (χ2n) is 4.20. The van der Waals surface area contributed by atoms with E-state index in [0.29, 0.717) is 12.2 Å². The van der Waals surface area contributed by atoms with Gasteiger partial charge in [-0.3, -0.25) is 4.79 Å². The lowest BCUT2D eigenvalue weighted by Gasteiger charge is -2.01. The lowest BCUT2D eigenvalue weighted by Crippen LogP contribution is -2.15. The zero-order chi connectivity index (χ0) is 13.1. The van der Waals surface area contributed by atoms with E-state index < -0.39 is 0 Å². The van der Waals surface area contributed by atoms with Crippen LogP contribution >= 0.6 is 0 Å². The Morgan fingerprint density at radius 3 is 2.95 bits per heavy atom. The molecule has 2 heterocycles. The van der Waals surface area contributed by atoms with Crippen LogP contribution in [0, 0.1) is 0 Å². The maximum atomic E-state index is 11.9. The summed E-state index contributed by atoms with van der Waals surface area (Å²) >= 11 is 0. The third-order valence-corrected chi connectivity index (χ3v) is 2.79. The molecule has 0 unspecified atom stereocenters. The smallest absolute Gasteiger partial charge is 0.231 e. The Kier molecular flexibility index (Phi) is 2.94. The largest absolute Gasteiger partial charge is 0.358 e. The Morgan fingerprint density at radius 2 is 2.16 bits per heavy atom. The molecule has 94 valence electrons. The predicted octanol–water partition coefficient (Wildman–Crippen LogP) is 2.14. The summed E-state index contributed by atoms with van der Waals surface area (Å²) in [4.78, 5) is 22.8. The number of H-pyrrole nitrogens is 1. The van der Waals surface area contributed by atoms with Gasteiger partial charge in [-0.05, 0) is 23.6 Å². The van der Waals surface area contributed by atoms with Gasteiger partial charge in [0.15, 0.2) is 0 Å². The number of hydrogen-bond acceptors (Lipinski definition) is 3. The summed E-state index contributed by atoms with van der Waals surface area (Å²) < 4.78 is 0. The molecule has 5 nitrogen and oxygen atoms in total. The zero-order valence-corrected chi connectivity index (χ0v) is 10.1. The van der Waals surface area contributed by atoms with Gasteiger partial charge in [-0.15, -0.1) is 0 Å². The number of carbonyl (C=O) groups is 1. The van der Waals surface area contributed by atoms with Crippen LogP contribution in [-0.2, 0) is 11.2 Å². The maximum Gasteiger partial charge on any atom is 0.231 e. The Labute approximate surface area is 109 Å². The quantitative estimate of drug-likeness (QED) is 0.750. The van der Waals surface area contributed by atoms with Gasteiger partial charge in [0, 0.05) is 17.4 Å². The first-order valence-electron chi connectivity index (χ1n) is 5.94. The molecule has 0 aliphatic heterocycles. The number of aromatic nitrogens is 3. The van der Waals surface area contributed by atoms with Crippen molar-refractivity contribution in [2.45, 2.75) is 6.42 Å². The van der Waals surface area contributed by atoms with Crippen molar-refractivity contribution in [3.8, 4) is 0 Å². The van der Waals surface area contributed by atoms with Gasteiger partial charge in [0.2, 0.25) is 5.91 Å². The van der Waals surface area contributed by atoms with E-state index in [-0.39, 0.29) is 5.91 Å². The Bertz CT molecular complexity index is 673. The van der Waals surface area contributed by atoms with E-state index >= 15 is 0 Å². The lowest BCUT2D eigenvalue weighted by molar-refractivity contribution is -0.115. The molecule has 0 saturated carbocycles. The van der Waals surface area contributed by atoms with E-state index in [4.69, 9.17) is 0 Å². The van der Waals surface area contributed by atoms with E-state index in [2.05, 4.69) is 20.3 Å².